The summed E-state index contributed by atoms with van der Waals surface area (Å²) in [6.45, 7) is 17.6. The molecule has 10 nitrogen and oxygen atoms in total. The number of carboxylic acid groups (broad SMARTS) is 2. The fraction of sp³-hybridized carbons (Fsp3) is 0.548. The van der Waals surface area contributed by atoms with Crippen molar-refractivity contribution in [3.63, 3.8) is 0 Å². The summed E-state index contributed by atoms with van der Waals surface area (Å²) in [7, 11) is 0. The predicted molar refractivity (Wildman–Crippen MR) is 296 cm³/mol. The Morgan fingerprint density at radius 2 is 0.699 bits per heavy atom. The Kier molecular flexibility index (Phi) is 34.7. The van der Waals surface area contributed by atoms with Crippen LogP contribution in [0.1, 0.15) is 238 Å². The van der Waals surface area contributed by atoms with E-state index in [1.165, 1.54) is 174 Å². The molecule has 4 rings (SSSR count). The van der Waals surface area contributed by atoms with E-state index in [2.05, 4.69) is 77.9 Å². The number of benzene rings is 4. The number of phenolic OH excluding ortho intramolecular Hbond substituents is 2. The molecule has 0 heterocycles. The Labute approximate surface area is 449 Å². The number of carbonyl (C=O) groups is 2. The van der Waals surface area contributed by atoms with Gasteiger partial charge < -0.3 is 30.6 Å². The Balaban J connectivity index is 0.000000740. The summed E-state index contributed by atoms with van der Waals surface area (Å²) in [4.78, 5) is 32.3. The number of aryl methyl sites for hydroxylation is 6. The number of aromatic hydroxyl groups is 2. The number of unbranched alkanes of at least 4 members (excludes halogenated alkanes) is 10. The third kappa shape index (κ3) is 23.7. The molecule has 0 radical (unpaired) electrons. The molecule has 0 atom stereocenters. The van der Waals surface area contributed by atoms with Gasteiger partial charge in [-0.2, -0.15) is 0 Å². The minimum atomic E-state index is -1.28. The predicted octanol–water partition coefficient (Wildman–Crippen LogP) is 16.1. The van der Waals surface area contributed by atoms with Gasteiger partial charge in [-0.25, -0.2) is 9.59 Å². The number of aliphatic imine (C=N–C) groups is 2. The van der Waals surface area contributed by atoms with E-state index >= 15 is 0 Å². The van der Waals surface area contributed by atoms with Crippen LogP contribution in [0.4, 0.5) is 11.4 Å². The van der Waals surface area contributed by atoms with Gasteiger partial charge in [-0.05, 0) is 160 Å². The van der Waals surface area contributed by atoms with Gasteiger partial charge >= 0.3 is 28.4 Å². The monoisotopic (exact) mass is 1050 g/mol. The molecule has 0 bridgehead atoms. The van der Waals surface area contributed by atoms with E-state index in [9.17, 15) is 19.8 Å². The first-order chi connectivity index (χ1) is 34.7. The maximum Gasteiger partial charge on any atom is 2.00 e. The Bertz CT molecular complexity index is 2130. The van der Waals surface area contributed by atoms with Gasteiger partial charge in [0.2, 0.25) is 0 Å². The molecule has 0 amide bonds. The SMILES string of the molecule is CCCCCc1ccc(N=C(CCCC)C(CCCC)=Nc2ccc(CCCCC)c(CCCCC)c2)cc1CCCCC.CCCc1ccc(O)c([O-])c1C(=O)O.CCCc1ccc(O)c([O-])c1C(=O)O.[Ni+2]. The van der Waals surface area contributed by atoms with Crippen LogP contribution in [-0.2, 0) is 55.0 Å². The van der Waals surface area contributed by atoms with E-state index in [1.54, 1.807) is 0 Å². The van der Waals surface area contributed by atoms with E-state index in [0.717, 1.165) is 49.9 Å². The molecule has 4 aromatic carbocycles. The molecule has 0 spiro atoms. The first-order valence-electron chi connectivity index (χ1n) is 27.6. The zero-order valence-electron chi connectivity index (χ0n) is 45.8. The smallest absolute Gasteiger partial charge is 0.869 e. The summed E-state index contributed by atoms with van der Waals surface area (Å²) in [5, 5.41) is 58.3. The number of phenols is 2. The van der Waals surface area contributed by atoms with Crippen LogP contribution in [0.2, 0.25) is 0 Å². The molecule has 406 valence electrons. The normalized spacial score (nSPS) is 11.3. The molecule has 0 aliphatic heterocycles. The fourth-order valence-corrected chi connectivity index (χ4v) is 8.76. The van der Waals surface area contributed by atoms with Gasteiger partial charge in [0, 0.05) is 0 Å². The largest absolute Gasteiger partial charge is 2.00 e. The summed E-state index contributed by atoms with van der Waals surface area (Å²) in [6.07, 6.45) is 29.4. The number of carboxylic acids is 2. The summed E-state index contributed by atoms with van der Waals surface area (Å²) < 4.78 is 0. The van der Waals surface area contributed by atoms with Gasteiger partial charge in [0.25, 0.3) is 0 Å². The van der Waals surface area contributed by atoms with Crippen molar-refractivity contribution in [1.82, 2.24) is 0 Å². The molecular weight excluding hydrogens is 959 g/mol. The van der Waals surface area contributed by atoms with Crippen molar-refractivity contribution in [2.24, 2.45) is 9.98 Å². The van der Waals surface area contributed by atoms with Crippen molar-refractivity contribution >= 4 is 34.7 Å². The summed E-state index contributed by atoms with van der Waals surface area (Å²) >= 11 is 0. The van der Waals surface area contributed by atoms with Crippen LogP contribution >= 0.6 is 0 Å². The standard InChI is InChI=1S/C42H68N2.2C10H12O4.Ni/c1-7-13-19-23-35-29-31-39(33-37(35)25-21-15-9-3)43-41(27-17-11-5)42(28-18-12-6)44-40-32-30-36(24-20-14-8-2)38(34-40)26-22-16-10-4;2*1-2-3-6-4-5-7(11)9(12)8(6)10(13)14;/h29-34H,7-28H2,1-6H3;2*4-5,11-12H,2-3H2,1H3,(H,13,14);/q;;;+2/p-2. The van der Waals surface area contributed by atoms with Crippen LogP contribution in [-0.4, -0.2) is 43.8 Å². The quantitative estimate of drug-likeness (QED) is 0.0218. The number of aromatic carboxylic acids is 2. The Morgan fingerprint density at radius 3 is 0.986 bits per heavy atom. The van der Waals surface area contributed by atoms with Crippen molar-refractivity contribution in [2.45, 2.75) is 222 Å². The van der Waals surface area contributed by atoms with Crippen LogP contribution < -0.4 is 10.2 Å². The topological polar surface area (TPSA) is 186 Å². The van der Waals surface area contributed by atoms with Crippen LogP contribution in [0.5, 0.6) is 23.0 Å². The second-order valence-electron chi connectivity index (χ2n) is 19.1. The average molecular weight is 1050 g/mol. The minimum Gasteiger partial charge on any atom is -0.869 e. The van der Waals surface area contributed by atoms with Crippen LogP contribution in [0.3, 0.4) is 0 Å². The molecule has 4 N–H and O–H groups in total. The molecule has 0 fully saturated rings. The summed E-state index contributed by atoms with van der Waals surface area (Å²) in [5.74, 6) is -5.19. The van der Waals surface area contributed by atoms with Crippen molar-refractivity contribution < 1.29 is 56.7 Å². The Morgan fingerprint density at radius 1 is 0.397 bits per heavy atom. The number of nitrogens with zero attached hydrogens (tertiary/aromatic N) is 2. The first-order valence-corrected chi connectivity index (χ1v) is 27.6. The molecule has 4 aromatic rings. The van der Waals surface area contributed by atoms with Crippen molar-refractivity contribution in [3.8, 4) is 23.0 Å². The molecule has 73 heavy (non-hydrogen) atoms. The average Bonchev–Trinajstić information content (AvgIpc) is 3.36. The van der Waals surface area contributed by atoms with Crippen LogP contribution in [0.25, 0.3) is 0 Å². The number of hydrogen-bond acceptors (Lipinski definition) is 8. The van der Waals surface area contributed by atoms with Gasteiger partial charge in [0.1, 0.15) is 11.5 Å². The first kappa shape index (κ1) is 65.9. The van der Waals surface area contributed by atoms with Crippen molar-refractivity contribution in [1.29, 1.82) is 0 Å². The van der Waals surface area contributed by atoms with Gasteiger partial charge in [-0.3, -0.25) is 9.98 Å². The molecule has 0 aliphatic rings. The van der Waals surface area contributed by atoms with Crippen molar-refractivity contribution in [3.05, 3.63) is 105 Å². The molecule has 0 unspecified atom stereocenters. The van der Waals surface area contributed by atoms with E-state index in [0.29, 0.717) is 24.0 Å². The molecule has 0 saturated heterocycles. The van der Waals surface area contributed by atoms with Crippen LogP contribution in [0, 0.1) is 0 Å². The molecule has 11 heteroatoms. The number of rotatable bonds is 31. The van der Waals surface area contributed by atoms with E-state index in [1.807, 2.05) is 13.8 Å². The summed E-state index contributed by atoms with van der Waals surface area (Å²) in [6, 6.07) is 19.6. The zero-order valence-corrected chi connectivity index (χ0v) is 46.8. The maximum absolute atomic E-state index is 11.3. The second-order valence-corrected chi connectivity index (χ2v) is 19.1. The van der Waals surface area contributed by atoms with Gasteiger partial charge in [0.15, 0.2) is 0 Å². The fourth-order valence-electron chi connectivity index (χ4n) is 8.76. The maximum atomic E-state index is 11.3. The second kappa shape index (κ2) is 38.4. The molecule has 0 saturated carbocycles. The minimum absolute atomic E-state index is 0. The van der Waals surface area contributed by atoms with Crippen LogP contribution in [0.15, 0.2) is 70.6 Å². The third-order valence-corrected chi connectivity index (χ3v) is 12.9. The summed E-state index contributed by atoms with van der Waals surface area (Å²) in [5.41, 5.74) is 11.1. The number of hydrogen-bond donors (Lipinski definition) is 4. The Hall–Kier alpha value is -5.15. The van der Waals surface area contributed by atoms with Gasteiger partial charge in [-0.1, -0.05) is 168 Å². The third-order valence-electron chi connectivity index (χ3n) is 12.9. The van der Waals surface area contributed by atoms with E-state index in [4.69, 9.17) is 30.4 Å². The van der Waals surface area contributed by atoms with E-state index in [-0.39, 0.29) is 27.6 Å². The van der Waals surface area contributed by atoms with Gasteiger partial charge in [0.05, 0.1) is 33.9 Å². The zero-order chi connectivity index (χ0) is 53.3. The van der Waals surface area contributed by atoms with Gasteiger partial charge in [-0.15, -0.1) is 0 Å². The molecular formula is C62H90N2NiO8. The van der Waals surface area contributed by atoms with E-state index < -0.39 is 34.9 Å². The van der Waals surface area contributed by atoms with Crippen molar-refractivity contribution in [2.75, 3.05) is 0 Å². The molecule has 0 aromatic heterocycles. The molecule has 0 aliphatic carbocycles.